The van der Waals surface area contributed by atoms with Gasteiger partial charge >= 0.3 is 0 Å². The Morgan fingerprint density at radius 2 is 0.364 bits per heavy atom. The van der Waals surface area contributed by atoms with Gasteiger partial charge in [0, 0.05) is 134 Å². The van der Waals surface area contributed by atoms with Crippen LogP contribution in [0.4, 0.5) is 0 Å². The van der Waals surface area contributed by atoms with E-state index in [0.717, 1.165) is 184 Å². The average Bonchev–Trinajstić information content (AvgIpc) is 0.770. The first kappa shape index (κ1) is 79.9. The highest BCUT2D eigenvalue weighted by Crippen LogP contribution is 2.43. The number of nitrogens with zero attached hydrogens (tertiary/aromatic N) is 12. The number of rotatable bonds is 15. The summed E-state index contributed by atoms with van der Waals surface area (Å²) in [5, 5.41) is 14.0. The Bertz CT molecular complexity index is 7120. The average molecular weight is 1690 g/mol. The first-order valence-electron chi connectivity index (χ1n) is 43.9. The van der Waals surface area contributed by atoms with Gasteiger partial charge in [-0.15, -0.1) is 0 Å². The van der Waals surface area contributed by atoms with E-state index in [-0.39, 0.29) is 0 Å². The SMILES string of the molecule is c1ccc(-c2cc(-c3ccccn3)cc(-c3nc(-c4cccc5ccccc45)cc(-c4cccc5ccccc45)n3)c2)nc1.c1ccc2c(-c3cc(-c4cccc5ccccc45)nc(-c4cc(-c5ccncc5)cc(-c5ccncc5)c4)n3)cccc2c1.c1cncc(-c2cc(-c3cccnc3)cc(-c3nc(-c4cccc5ccccc45)cc(-c4cccc5ccccc45)n3)c2)c1. The van der Waals surface area contributed by atoms with E-state index < -0.39 is 0 Å². The zero-order chi connectivity index (χ0) is 87.9. The van der Waals surface area contributed by atoms with Gasteiger partial charge in [0.25, 0.3) is 0 Å². The fourth-order valence-electron chi connectivity index (χ4n) is 17.7. The highest BCUT2D eigenvalue weighted by Gasteiger charge is 2.22. The highest BCUT2D eigenvalue weighted by atomic mass is 14.9. The first-order valence-corrected chi connectivity index (χ1v) is 43.9. The highest BCUT2D eigenvalue weighted by molar-refractivity contribution is 6.04. The Kier molecular flexibility index (Phi) is 21.9. The van der Waals surface area contributed by atoms with Crippen molar-refractivity contribution in [3.05, 3.63) is 474 Å². The summed E-state index contributed by atoms with van der Waals surface area (Å²) in [5.74, 6) is 1.98. The van der Waals surface area contributed by atoms with Crippen molar-refractivity contribution in [1.82, 2.24) is 59.8 Å². The third-order valence-electron chi connectivity index (χ3n) is 24.1. The van der Waals surface area contributed by atoms with Crippen LogP contribution >= 0.6 is 0 Å². The smallest absolute Gasteiger partial charge is 0.160 e. The van der Waals surface area contributed by atoms with Crippen molar-refractivity contribution in [2.24, 2.45) is 0 Å². The Morgan fingerprint density at radius 3 is 0.621 bits per heavy atom. The van der Waals surface area contributed by atoms with Crippen LogP contribution in [0.5, 0.6) is 0 Å². The minimum atomic E-state index is 0.647. The van der Waals surface area contributed by atoms with Crippen LogP contribution < -0.4 is 0 Å². The second-order valence-corrected chi connectivity index (χ2v) is 32.3. The maximum absolute atomic E-state index is 5.26. The summed E-state index contributed by atoms with van der Waals surface area (Å²) in [4.78, 5) is 58.1. The van der Waals surface area contributed by atoms with E-state index >= 15 is 0 Å². The van der Waals surface area contributed by atoms with Gasteiger partial charge in [-0.25, -0.2) is 29.9 Å². The third kappa shape index (κ3) is 16.6. The fraction of sp³-hybridized carbons (Fsp3) is 0. The fourth-order valence-corrected chi connectivity index (χ4v) is 17.7. The van der Waals surface area contributed by atoms with E-state index in [1.54, 1.807) is 12.4 Å². The van der Waals surface area contributed by atoms with Crippen LogP contribution in [0.25, 0.3) is 233 Å². The number of fused-ring (bicyclic) bond motifs is 6. The van der Waals surface area contributed by atoms with Crippen molar-refractivity contribution in [3.8, 4) is 169 Å². The van der Waals surface area contributed by atoms with Crippen molar-refractivity contribution < 1.29 is 0 Å². The summed E-state index contributed by atoms with van der Waals surface area (Å²) >= 11 is 0. The molecule has 0 spiro atoms. The van der Waals surface area contributed by atoms with E-state index in [0.29, 0.717) is 17.5 Å². The molecule has 0 aliphatic carbocycles. The Hall–Kier alpha value is -18.0. The van der Waals surface area contributed by atoms with Gasteiger partial charge in [-0.1, -0.05) is 279 Å². The molecule has 0 unspecified atom stereocenters. The molecule has 0 amide bonds. The molecule has 0 saturated heterocycles. The standard InChI is InChI=1S/3C40H26N4/c1-3-15-34-27(9-1)11-5-17-36(34)38-24-39(37-18-6-12-28-10-2-4-16-35(28)37)44-40(43-38)33-22-31(29-13-7-19-41-25-29)21-32(23-33)30-14-8-20-42-26-30;1-3-15-32-27(11-1)13-9-17-34(32)38-26-39(35-18-10-14-28-12-2-4-16-33(28)35)44-40(43-38)31-24-29(36-19-5-7-21-41-36)23-30(25-31)37-20-6-8-22-42-37;1-3-11-34-29(7-1)9-5-13-36(34)38-26-39(37-14-6-10-30-8-2-4-12-35(30)37)44-40(43-38)33-24-31(27-15-19-41-20-16-27)23-32(25-33)28-17-21-42-22-18-28/h3*1-26H. The Labute approximate surface area is 762 Å². The van der Waals surface area contributed by atoms with Crippen molar-refractivity contribution >= 4 is 64.6 Å². The van der Waals surface area contributed by atoms with Gasteiger partial charge in [-0.05, 0) is 231 Å². The number of hydrogen-bond donors (Lipinski definition) is 0. The predicted molar refractivity (Wildman–Crippen MR) is 539 cm³/mol. The van der Waals surface area contributed by atoms with Crippen LogP contribution in [0.1, 0.15) is 0 Å². The van der Waals surface area contributed by atoms with Crippen molar-refractivity contribution in [1.29, 1.82) is 0 Å². The van der Waals surface area contributed by atoms with Crippen LogP contribution in [-0.4, -0.2) is 59.8 Å². The zero-order valence-corrected chi connectivity index (χ0v) is 71.4. The molecule has 9 aromatic heterocycles. The molecule has 0 atom stereocenters. The Balaban J connectivity index is 0.000000116. The topological polar surface area (TPSA) is 155 Å². The summed E-state index contributed by atoms with van der Waals surface area (Å²) in [6, 6.07) is 143. The lowest BCUT2D eigenvalue weighted by Crippen LogP contribution is -1.98. The molecule has 0 N–H and O–H groups in total. The van der Waals surface area contributed by atoms with Gasteiger partial charge in [0.1, 0.15) is 0 Å². The van der Waals surface area contributed by atoms with Gasteiger partial charge < -0.3 is 0 Å². The number of hydrogen-bond acceptors (Lipinski definition) is 12. The van der Waals surface area contributed by atoms with Crippen LogP contribution in [0.15, 0.2) is 474 Å². The minimum Gasteiger partial charge on any atom is -0.265 e. The summed E-state index contributed by atoms with van der Waals surface area (Å²) in [6.07, 6.45) is 18.3. The molecule has 12 heteroatoms. The predicted octanol–water partition coefficient (Wildman–Crippen LogP) is 29.7. The maximum atomic E-state index is 5.26. The van der Waals surface area contributed by atoms with Crippen molar-refractivity contribution in [3.63, 3.8) is 0 Å². The minimum absolute atomic E-state index is 0.647. The van der Waals surface area contributed by atoms with E-state index in [1.165, 1.54) is 32.3 Å². The van der Waals surface area contributed by atoms with Gasteiger partial charge in [-0.2, -0.15) is 0 Å². The molecule has 24 rings (SSSR count). The van der Waals surface area contributed by atoms with Gasteiger partial charge in [0.2, 0.25) is 0 Å². The maximum Gasteiger partial charge on any atom is 0.160 e. The lowest BCUT2D eigenvalue weighted by Gasteiger charge is -2.14. The van der Waals surface area contributed by atoms with E-state index in [1.807, 2.05) is 122 Å². The summed E-state index contributed by atoms with van der Waals surface area (Å²) in [6.45, 7) is 0. The second kappa shape index (κ2) is 36.2. The molecule has 15 aromatic carbocycles. The van der Waals surface area contributed by atoms with E-state index in [4.69, 9.17) is 29.9 Å². The molecule has 0 bridgehead atoms. The molecule has 12 nitrogen and oxygen atoms in total. The second-order valence-electron chi connectivity index (χ2n) is 32.3. The van der Waals surface area contributed by atoms with Crippen molar-refractivity contribution in [2.45, 2.75) is 0 Å². The van der Waals surface area contributed by atoms with Crippen LogP contribution in [0.2, 0.25) is 0 Å². The largest absolute Gasteiger partial charge is 0.265 e. The van der Waals surface area contributed by atoms with Crippen LogP contribution in [-0.2, 0) is 0 Å². The molecule has 618 valence electrons. The molecule has 0 aliphatic heterocycles. The monoisotopic (exact) mass is 1690 g/mol. The molecule has 0 radical (unpaired) electrons. The van der Waals surface area contributed by atoms with Crippen molar-refractivity contribution in [2.75, 3.05) is 0 Å². The molecular weight excluding hydrogens is 1610 g/mol. The lowest BCUT2D eigenvalue weighted by molar-refractivity contribution is 1.19. The molecule has 9 heterocycles. The molecule has 0 fully saturated rings. The third-order valence-corrected chi connectivity index (χ3v) is 24.1. The lowest BCUT2D eigenvalue weighted by atomic mass is 9.96. The number of pyridine rings is 6. The summed E-state index contributed by atoms with van der Waals surface area (Å²) < 4.78 is 0. The molecule has 0 saturated carbocycles. The zero-order valence-electron chi connectivity index (χ0n) is 71.4. The summed E-state index contributed by atoms with van der Waals surface area (Å²) in [5.41, 5.74) is 26.6. The van der Waals surface area contributed by atoms with Crippen LogP contribution in [0.3, 0.4) is 0 Å². The van der Waals surface area contributed by atoms with E-state index in [9.17, 15) is 0 Å². The Morgan fingerprint density at radius 1 is 0.129 bits per heavy atom. The van der Waals surface area contributed by atoms with Crippen LogP contribution in [0, 0.1) is 0 Å². The number of benzene rings is 15. The quantitative estimate of drug-likeness (QED) is 0.0959. The molecular formula is C120H78N12. The molecule has 0 aliphatic rings. The normalized spacial score (nSPS) is 11.2. The molecule has 132 heavy (non-hydrogen) atoms. The van der Waals surface area contributed by atoms with Gasteiger partial charge in [0.15, 0.2) is 17.5 Å². The van der Waals surface area contributed by atoms with Gasteiger partial charge in [-0.3, -0.25) is 29.9 Å². The molecule has 24 aromatic rings. The van der Waals surface area contributed by atoms with Gasteiger partial charge in [0.05, 0.1) is 45.6 Å². The summed E-state index contributed by atoms with van der Waals surface area (Å²) in [7, 11) is 0. The number of aromatic nitrogens is 12. The van der Waals surface area contributed by atoms with E-state index in [2.05, 4.69) is 370 Å². The first-order chi connectivity index (χ1) is 65.4.